The summed E-state index contributed by atoms with van der Waals surface area (Å²) in [6.45, 7) is 0. The van der Waals surface area contributed by atoms with Gasteiger partial charge in [-0.1, -0.05) is 78.9 Å². The number of phenolic OH excluding ortho intramolecular Hbond substituents is 1. The molecule has 0 aliphatic heterocycles. The number of rotatable bonds is 2. The Morgan fingerprint density at radius 2 is 1.38 bits per heavy atom. The molecule has 5 heteroatoms. The highest BCUT2D eigenvalue weighted by atomic mass is 16.3. The van der Waals surface area contributed by atoms with Gasteiger partial charge < -0.3 is 10.1 Å². The van der Waals surface area contributed by atoms with Crippen LogP contribution in [0.3, 0.4) is 0 Å². The number of benzene rings is 5. The zero-order valence-electron chi connectivity index (χ0n) is 19.7. The number of phenols is 1. The lowest BCUT2D eigenvalue weighted by atomic mass is 10.0. The molecule has 174 valence electrons. The molecule has 37 heavy (non-hydrogen) atoms. The summed E-state index contributed by atoms with van der Waals surface area (Å²) in [5, 5.41) is 21.0. The van der Waals surface area contributed by atoms with Crippen LogP contribution >= 0.6 is 0 Å². The number of nitrogens with one attached hydrogen (secondary N) is 1. The van der Waals surface area contributed by atoms with Gasteiger partial charge in [0.1, 0.15) is 17.0 Å². The molecule has 0 unspecified atom stereocenters. The largest absolute Gasteiger partial charge is 0.506 e. The first-order chi connectivity index (χ1) is 18.3. The summed E-state index contributed by atoms with van der Waals surface area (Å²) >= 11 is 0. The number of H-pyrrole nitrogens is 1. The SMILES string of the molecule is Oc1cccc2cc3cccc(-n4nc(-c5cccc6c5[nH]c5ccccc56)c5ccccc54)c3nc12. The van der Waals surface area contributed by atoms with Crippen molar-refractivity contribution in [2.45, 2.75) is 0 Å². The Labute approximate surface area is 211 Å². The highest BCUT2D eigenvalue weighted by molar-refractivity contribution is 6.13. The van der Waals surface area contributed by atoms with Crippen molar-refractivity contribution < 1.29 is 5.11 Å². The van der Waals surface area contributed by atoms with Crippen molar-refractivity contribution in [2.75, 3.05) is 0 Å². The lowest BCUT2D eigenvalue weighted by Gasteiger charge is -2.09. The van der Waals surface area contributed by atoms with E-state index in [-0.39, 0.29) is 5.75 Å². The fraction of sp³-hybridized carbons (Fsp3) is 0. The summed E-state index contributed by atoms with van der Waals surface area (Å²) in [4.78, 5) is 8.53. The lowest BCUT2D eigenvalue weighted by Crippen LogP contribution is -1.99. The lowest BCUT2D eigenvalue weighted by molar-refractivity contribution is 0.480. The quantitative estimate of drug-likeness (QED) is 0.251. The van der Waals surface area contributed by atoms with Gasteiger partial charge in [0.05, 0.1) is 22.2 Å². The minimum absolute atomic E-state index is 0.172. The molecule has 8 aromatic rings. The number of nitrogens with zero attached hydrogens (tertiary/aromatic N) is 3. The molecule has 0 amide bonds. The van der Waals surface area contributed by atoms with Crippen LogP contribution in [0, 0.1) is 0 Å². The number of aromatic hydroxyl groups is 1. The molecule has 0 bridgehead atoms. The van der Waals surface area contributed by atoms with Crippen molar-refractivity contribution in [3.05, 3.63) is 109 Å². The van der Waals surface area contributed by atoms with Gasteiger partial charge in [-0.2, -0.15) is 5.10 Å². The minimum Gasteiger partial charge on any atom is -0.506 e. The van der Waals surface area contributed by atoms with Gasteiger partial charge in [-0.3, -0.25) is 0 Å². The van der Waals surface area contributed by atoms with Crippen molar-refractivity contribution >= 4 is 54.5 Å². The van der Waals surface area contributed by atoms with E-state index in [0.29, 0.717) is 5.52 Å². The third kappa shape index (κ3) is 2.85. The zero-order chi connectivity index (χ0) is 24.5. The van der Waals surface area contributed by atoms with Crippen molar-refractivity contribution in [1.29, 1.82) is 0 Å². The standard InChI is InChI=1S/C32H20N4O/c37-28-17-6-9-20-18-19-8-5-16-27(29(19)34-30(20)28)36-26-15-4-2-11-23(26)32(35-36)24-13-7-12-22-21-10-1-3-14-25(21)33-31(22)24/h1-18,33,37H. The van der Waals surface area contributed by atoms with E-state index in [1.54, 1.807) is 6.07 Å². The Morgan fingerprint density at radius 1 is 0.649 bits per heavy atom. The van der Waals surface area contributed by atoms with E-state index in [1.807, 2.05) is 41.1 Å². The van der Waals surface area contributed by atoms with Gasteiger partial charge in [0.25, 0.3) is 0 Å². The number of hydrogen-bond acceptors (Lipinski definition) is 3. The highest BCUT2D eigenvalue weighted by Crippen LogP contribution is 2.37. The van der Waals surface area contributed by atoms with Crippen molar-refractivity contribution in [2.24, 2.45) is 0 Å². The normalized spacial score (nSPS) is 11.9. The molecule has 3 heterocycles. The summed E-state index contributed by atoms with van der Waals surface area (Å²) in [5.74, 6) is 0.172. The number of para-hydroxylation sites is 5. The molecule has 3 aromatic heterocycles. The third-order valence-electron chi connectivity index (χ3n) is 7.24. The fourth-order valence-electron chi connectivity index (χ4n) is 5.54. The molecule has 0 saturated heterocycles. The van der Waals surface area contributed by atoms with Crippen LogP contribution in [0.25, 0.3) is 71.5 Å². The first kappa shape index (κ1) is 20.1. The van der Waals surface area contributed by atoms with E-state index >= 15 is 0 Å². The van der Waals surface area contributed by atoms with E-state index in [9.17, 15) is 5.11 Å². The van der Waals surface area contributed by atoms with Gasteiger partial charge in [0, 0.05) is 38.0 Å². The molecule has 2 N–H and O–H groups in total. The second kappa shape index (κ2) is 7.42. The number of aromatic amines is 1. The van der Waals surface area contributed by atoms with E-state index in [1.165, 1.54) is 10.8 Å². The van der Waals surface area contributed by atoms with Gasteiger partial charge >= 0.3 is 0 Å². The third-order valence-corrected chi connectivity index (χ3v) is 7.24. The highest BCUT2D eigenvalue weighted by Gasteiger charge is 2.19. The van der Waals surface area contributed by atoms with Gasteiger partial charge in [-0.25, -0.2) is 9.67 Å². The Bertz CT molecular complexity index is 2170. The number of pyridine rings is 1. The maximum absolute atomic E-state index is 10.5. The molecule has 0 aliphatic carbocycles. The topological polar surface area (TPSA) is 66.7 Å². The molecule has 8 rings (SSSR count). The maximum Gasteiger partial charge on any atom is 0.141 e. The summed E-state index contributed by atoms with van der Waals surface area (Å²) in [5.41, 5.74) is 7.39. The number of fused-ring (bicyclic) bond motifs is 6. The van der Waals surface area contributed by atoms with Crippen molar-refractivity contribution in [3.63, 3.8) is 0 Å². The summed E-state index contributed by atoms with van der Waals surface area (Å²) in [6, 6.07) is 36.7. The van der Waals surface area contributed by atoms with Crippen molar-refractivity contribution in [3.8, 4) is 22.7 Å². The van der Waals surface area contributed by atoms with E-state index < -0.39 is 0 Å². The van der Waals surface area contributed by atoms with Crippen LogP contribution in [0.4, 0.5) is 0 Å². The van der Waals surface area contributed by atoms with E-state index in [4.69, 9.17) is 10.1 Å². The predicted octanol–water partition coefficient (Wildman–Crippen LogP) is 7.73. The molecule has 5 aromatic carbocycles. The average molecular weight is 477 g/mol. The van der Waals surface area contributed by atoms with Crippen LogP contribution in [0.5, 0.6) is 5.75 Å². The van der Waals surface area contributed by atoms with Crippen LogP contribution in [0.2, 0.25) is 0 Å². The summed E-state index contributed by atoms with van der Waals surface area (Å²) in [7, 11) is 0. The minimum atomic E-state index is 0.172. The average Bonchev–Trinajstić information content (AvgIpc) is 3.51. The van der Waals surface area contributed by atoms with Gasteiger partial charge in [-0.05, 0) is 30.3 Å². The number of hydrogen-bond donors (Lipinski definition) is 2. The maximum atomic E-state index is 10.5. The molecule has 0 saturated carbocycles. The smallest absolute Gasteiger partial charge is 0.141 e. The molecule has 5 nitrogen and oxygen atoms in total. The van der Waals surface area contributed by atoms with E-state index in [2.05, 4.69) is 71.7 Å². The Balaban J connectivity index is 1.45. The molecule has 0 radical (unpaired) electrons. The molecular weight excluding hydrogens is 456 g/mol. The second-order valence-electron chi connectivity index (χ2n) is 9.36. The van der Waals surface area contributed by atoms with Gasteiger partial charge in [-0.15, -0.1) is 0 Å². The summed E-state index contributed by atoms with van der Waals surface area (Å²) in [6.07, 6.45) is 0. The first-order valence-electron chi connectivity index (χ1n) is 12.3. The second-order valence-corrected chi connectivity index (χ2v) is 9.36. The fourth-order valence-corrected chi connectivity index (χ4v) is 5.54. The predicted molar refractivity (Wildman–Crippen MR) is 150 cm³/mol. The monoisotopic (exact) mass is 476 g/mol. The Kier molecular flexibility index (Phi) is 4.03. The van der Waals surface area contributed by atoms with Gasteiger partial charge in [0.15, 0.2) is 0 Å². The Hall–Kier alpha value is -5.16. The first-order valence-corrected chi connectivity index (χ1v) is 12.3. The van der Waals surface area contributed by atoms with Gasteiger partial charge in [0.2, 0.25) is 0 Å². The molecular formula is C32H20N4O. The van der Waals surface area contributed by atoms with Crippen LogP contribution in [0.1, 0.15) is 0 Å². The van der Waals surface area contributed by atoms with Crippen LogP contribution in [0.15, 0.2) is 109 Å². The molecule has 0 spiro atoms. The molecule has 0 atom stereocenters. The Morgan fingerprint density at radius 3 is 2.30 bits per heavy atom. The molecule has 0 fully saturated rings. The van der Waals surface area contributed by atoms with Crippen molar-refractivity contribution in [1.82, 2.24) is 19.7 Å². The zero-order valence-corrected chi connectivity index (χ0v) is 19.7. The van der Waals surface area contributed by atoms with Crippen LogP contribution in [-0.4, -0.2) is 24.9 Å². The molecule has 0 aliphatic rings. The van der Waals surface area contributed by atoms with Crippen LogP contribution < -0.4 is 0 Å². The number of aromatic nitrogens is 4. The van der Waals surface area contributed by atoms with E-state index in [0.717, 1.165) is 55.2 Å². The van der Waals surface area contributed by atoms with Crippen LogP contribution in [-0.2, 0) is 0 Å². The summed E-state index contributed by atoms with van der Waals surface area (Å²) < 4.78 is 1.98.